The topological polar surface area (TPSA) is 49.8 Å². The summed E-state index contributed by atoms with van der Waals surface area (Å²) >= 11 is 0. The van der Waals surface area contributed by atoms with Gasteiger partial charge in [0.25, 0.3) is 5.91 Å². The van der Waals surface area contributed by atoms with Crippen molar-refractivity contribution in [2.24, 2.45) is 0 Å². The zero-order chi connectivity index (χ0) is 14.3. The minimum atomic E-state index is -0.135. The third-order valence-corrected chi connectivity index (χ3v) is 2.70. The highest BCUT2D eigenvalue weighted by atomic mass is 16.5. The van der Waals surface area contributed by atoms with Crippen molar-refractivity contribution >= 4 is 5.91 Å². The van der Waals surface area contributed by atoms with Crippen LogP contribution in [-0.2, 0) is 0 Å². The maximum absolute atomic E-state index is 12.5. The Kier molecular flexibility index (Phi) is 6.09. The summed E-state index contributed by atoms with van der Waals surface area (Å²) in [4.78, 5) is 14.1. The molecule has 0 aliphatic rings. The number of ether oxygens (including phenoxy) is 1. The van der Waals surface area contributed by atoms with Crippen LogP contribution in [0.15, 0.2) is 36.9 Å². The van der Waals surface area contributed by atoms with Crippen LogP contribution in [-0.4, -0.2) is 41.7 Å². The van der Waals surface area contributed by atoms with Gasteiger partial charge in [0.1, 0.15) is 12.4 Å². The second kappa shape index (κ2) is 7.59. The molecule has 1 rings (SSSR count). The first-order valence-corrected chi connectivity index (χ1v) is 6.36. The van der Waals surface area contributed by atoms with Crippen LogP contribution in [0.2, 0.25) is 0 Å². The average Bonchev–Trinajstić information content (AvgIpc) is 2.41. The SMILES string of the molecule is C=CCOc1ccccc1C(=O)N(CCO)C(C)C. The summed E-state index contributed by atoms with van der Waals surface area (Å²) in [6.45, 7) is 8.03. The molecule has 1 aromatic rings. The van der Waals surface area contributed by atoms with Crippen molar-refractivity contribution in [2.75, 3.05) is 19.8 Å². The van der Waals surface area contributed by atoms with Gasteiger partial charge in [-0.25, -0.2) is 0 Å². The van der Waals surface area contributed by atoms with E-state index in [1.807, 2.05) is 19.9 Å². The second-order valence-corrected chi connectivity index (χ2v) is 4.41. The Bertz CT molecular complexity index is 429. The molecule has 19 heavy (non-hydrogen) atoms. The lowest BCUT2D eigenvalue weighted by molar-refractivity contribution is 0.0661. The van der Waals surface area contributed by atoms with Crippen molar-refractivity contribution in [1.29, 1.82) is 0 Å². The summed E-state index contributed by atoms with van der Waals surface area (Å²) in [6.07, 6.45) is 1.63. The largest absolute Gasteiger partial charge is 0.489 e. The van der Waals surface area contributed by atoms with E-state index in [1.54, 1.807) is 29.2 Å². The van der Waals surface area contributed by atoms with E-state index in [4.69, 9.17) is 9.84 Å². The molecule has 0 saturated heterocycles. The maximum Gasteiger partial charge on any atom is 0.257 e. The molecule has 0 atom stereocenters. The number of aliphatic hydroxyl groups is 1. The van der Waals surface area contributed by atoms with E-state index in [1.165, 1.54) is 0 Å². The van der Waals surface area contributed by atoms with Crippen LogP contribution in [0.5, 0.6) is 5.75 Å². The molecule has 4 nitrogen and oxygen atoms in total. The van der Waals surface area contributed by atoms with E-state index in [9.17, 15) is 4.79 Å². The molecule has 0 unspecified atom stereocenters. The van der Waals surface area contributed by atoms with E-state index in [0.717, 1.165) is 0 Å². The van der Waals surface area contributed by atoms with Gasteiger partial charge in [-0.3, -0.25) is 4.79 Å². The summed E-state index contributed by atoms with van der Waals surface area (Å²) in [7, 11) is 0. The monoisotopic (exact) mass is 263 g/mol. The normalized spacial score (nSPS) is 10.3. The number of amides is 1. The molecule has 0 saturated carbocycles. The molecule has 0 aliphatic heterocycles. The van der Waals surface area contributed by atoms with Gasteiger partial charge in [0, 0.05) is 12.6 Å². The van der Waals surface area contributed by atoms with Crippen LogP contribution < -0.4 is 4.74 Å². The molecular weight excluding hydrogens is 242 g/mol. The third-order valence-electron chi connectivity index (χ3n) is 2.70. The lowest BCUT2D eigenvalue weighted by Gasteiger charge is -2.26. The van der Waals surface area contributed by atoms with Gasteiger partial charge in [-0.1, -0.05) is 24.8 Å². The molecule has 0 aliphatic carbocycles. The molecule has 104 valence electrons. The first kappa shape index (κ1) is 15.2. The number of nitrogens with zero attached hydrogens (tertiary/aromatic N) is 1. The van der Waals surface area contributed by atoms with Crippen LogP contribution in [0.3, 0.4) is 0 Å². The van der Waals surface area contributed by atoms with Gasteiger partial charge in [0.05, 0.1) is 12.2 Å². The Labute approximate surface area is 114 Å². The standard InChI is InChI=1S/C15H21NO3/c1-4-11-19-14-8-6-5-7-13(14)15(18)16(9-10-17)12(2)3/h4-8,12,17H,1,9-11H2,2-3H3. The van der Waals surface area contributed by atoms with Gasteiger partial charge < -0.3 is 14.7 Å². The Balaban J connectivity index is 2.99. The van der Waals surface area contributed by atoms with Crippen LogP contribution in [0.25, 0.3) is 0 Å². The van der Waals surface area contributed by atoms with Crippen LogP contribution in [0, 0.1) is 0 Å². The number of benzene rings is 1. The van der Waals surface area contributed by atoms with E-state index in [-0.39, 0.29) is 18.6 Å². The minimum Gasteiger partial charge on any atom is -0.489 e. The van der Waals surface area contributed by atoms with E-state index in [0.29, 0.717) is 24.5 Å². The fraction of sp³-hybridized carbons (Fsp3) is 0.400. The first-order chi connectivity index (χ1) is 9.11. The molecule has 1 amide bonds. The second-order valence-electron chi connectivity index (χ2n) is 4.41. The Morgan fingerprint density at radius 3 is 2.74 bits per heavy atom. The van der Waals surface area contributed by atoms with Crippen molar-refractivity contribution in [1.82, 2.24) is 4.90 Å². The van der Waals surface area contributed by atoms with Gasteiger partial charge in [-0.2, -0.15) is 0 Å². The lowest BCUT2D eigenvalue weighted by atomic mass is 10.1. The minimum absolute atomic E-state index is 0.0205. The zero-order valence-electron chi connectivity index (χ0n) is 11.5. The highest BCUT2D eigenvalue weighted by Crippen LogP contribution is 2.20. The van der Waals surface area contributed by atoms with Crippen molar-refractivity contribution in [3.05, 3.63) is 42.5 Å². The lowest BCUT2D eigenvalue weighted by Crippen LogP contribution is -2.39. The number of aliphatic hydroxyl groups excluding tert-OH is 1. The Morgan fingerprint density at radius 2 is 2.16 bits per heavy atom. The van der Waals surface area contributed by atoms with Gasteiger partial charge in [0.15, 0.2) is 0 Å². The highest BCUT2D eigenvalue weighted by molar-refractivity contribution is 5.97. The first-order valence-electron chi connectivity index (χ1n) is 6.36. The number of para-hydroxylation sites is 1. The van der Waals surface area contributed by atoms with Gasteiger partial charge in [-0.15, -0.1) is 0 Å². The number of carbonyl (C=O) groups excluding carboxylic acids is 1. The Hall–Kier alpha value is -1.81. The molecule has 1 aromatic carbocycles. The summed E-state index contributed by atoms with van der Waals surface area (Å²) in [5, 5.41) is 9.05. The summed E-state index contributed by atoms with van der Waals surface area (Å²) in [5.74, 6) is 0.403. The van der Waals surface area contributed by atoms with Crippen molar-refractivity contribution in [3.8, 4) is 5.75 Å². The number of carbonyl (C=O) groups is 1. The van der Waals surface area contributed by atoms with Crippen molar-refractivity contribution < 1.29 is 14.6 Å². The third kappa shape index (κ3) is 4.10. The zero-order valence-corrected chi connectivity index (χ0v) is 11.5. The quantitative estimate of drug-likeness (QED) is 0.766. The predicted octanol–water partition coefficient (Wildman–Crippen LogP) is 2.09. The van der Waals surface area contributed by atoms with Crippen LogP contribution in [0.4, 0.5) is 0 Å². The molecule has 4 heteroatoms. The smallest absolute Gasteiger partial charge is 0.257 e. The molecule has 0 heterocycles. The van der Waals surface area contributed by atoms with Crippen molar-refractivity contribution in [2.45, 2.75) is 19.9 Å². The fourth-order valence-corrected chi connectivity index (χ4v) is 1.77. The summed E-state index contributed by atoms with van der Waals surface area (Å²) in [5.41, 5.74) is 0.506. The summed E-state index contributed by atoms with van der Waals surface area (Å²) < 4.78 is 5.49. The molecule has 1 N–H and O–H groups in total. The van der Waals surface area contributed by atoms with Gasteiger partial charge >= 0.3 is 0 Å². The van der Waals surface area contributed by atoms with Crippen LogP contribution >= 0.6 is 0 Å². The molecule has 0 fully saturated rings. The summed E-state index contributed by atoms with van der Waals surface area (Å²) in [6, 6.07) is 7.13. The predicted molar refractivity (Wildman–Crippen MR) is 75.4 cm³/mol. The number of hydrogen-bond donors (Lipinski definition) is 1. The Morgan fingerprint density at radius 1 is 1.47 bits per heavy atom. The fourth-order valence-electron chi connectivity index (χ4n) is 1.77. The van der Waals surface area contributed by atoms with E-state index >= 15 is 0 Å². The molecule has 0 spiro atoms. The molecule has 0 aromatic heterocycles. The molecular formula is C15H21NO3. The molecule has 0 radical (unpaired) electrons. The van der Waals surface area contributed by atoms with Crippen LogP contribution in [0.1, 0.15) is 24.2 Å². The van der Waals surface area contributed by atoms with Crippen molar-refractivity contribution in [3.63, 3.8) is 0 Å². The van der Waals surface area contributed by atoms with Gasteiger partial charge in [-0.05, 0) is 26.0 Å². The highest BCUT2D eigenvalue weighted by Gasteiger charge is 2.21. The van der Waals surface area contributed by atoms with Gasteiger partial charge in [0.2, 0.25) is 0 Å². The number of hydrogen-bond acceptors (Lipinski definition) is 3. The maximum atomic E-state index is 12.5. The van der Waals surface area contributed by atoms with E-state index in [2.05, 4.69) is 6.58 Å². The average molecular weight is 263 g/mol. The number of rotatable bonds is 7. The van der Waals surface area contributed by atoms with E-state index < -0.39 is 0 Å². The molecule has 0 bridgehead atoms.